The molecule has 2 bridgehead atoms. The molecule has 206 valence electrons. The van der Waals surface area contributed by atoms with E-state index in [0.29, 0.717) is 54.6 Å². The van der Waals surface area contributed by atoms with E-state index in [0.717, 1.165) is 36.6 Å². The summed E-state index contributed by atoms with van der Waals surface area (Å²) in [5, 5.41) is 14.1. The zero-order valence-corrected chi connectivity index (χ0v) is 22.7. The highest BCUT2D eigenvalue weighted by molar-refractivity contribution is 5.88. The lowest BCUT2D eigenvalue weighted by Crippen LogP contribution is -2.68. The minimum absolute atomic E-state index is 0.183. The standard InChI is InChI=1S/C29H32N8O3/c1-3-39-8-9-40-23-11-24(28-25(12-30)29(31)34-37(28)18-23)20-5-6-26(32-14-20)35-16-21-10-22(17-35)36(21)15-19-4-7-27(38-2)33-13-19/h4-7,11,13-14,18,21-22H,3,8-10,15-17H2,1-2H3,(H2,31,34). The molecule has 40 heavy (non-hydrogen) atoms. The Kier molecular flexibility index (Phi) is 7.11. The molecule has 2 atom stereocenters. The van der Waals surface area contributed by atoms with Crippen LogP contribution in [0.1, 0.15) is 24.5 Å². The molecule has 0 saturated carbocycles. The van der Waals surface area contributed by atoms with E-state index in [1.807, 2.05) is 43.6 Å². The number of nitriles is 1. The fourth-order valence-corrected chi connectivity index (χ4v) is 5.64. The van der Waals surface area contributed by atoms with E-state index >= 15 is 0 Å². The zero-order chi connectivity index (χ0) is 27.6. The van der Waals surface area contributed by atoms with E-state index in [1.165, 1.54) is 12.0 Å². The van der Waals surface area contributed by atoms with Gasteiger partial charge in [0.05, 0.1) is 25.4 Å². The molecule has 0 radical (unpaired) electrons. The van der Waals surface area contributed by atoms with Gasteiger partial charge in [-0.25, -0.2) is 14.5 Å². The van der Waals surface area contributed by atoms with E-state index in [1.54, 1.807) is 17.8 Å². The third kappa shape index (κ3) is 4.87. The van der Waals surface area contributed by atoms with Crippen molar-refractivity contribution in [2.45, 2.75) is 32.0 Å². The number of piperazine rings is 1. The number of aromatic nitrogens is 4. The van der Waals surface area contributed by atoms with Crippen LogP contribution in [0.4, 0.5) is 11.6 Å². The summed E-state index contributed by atoms with van der Waals surface area (Å²) in [5.41, 5.74) is 9.87. The summed E-state index contributed by atoms with van der Waals surface area (Å²) in [6.07, 6.45) is 6.68. The van der Waals surface area contributed by atoms with Gasteiger partial charge in [-0.2, -0.15) is 5.26 Å². The predicted molar refractivity (Wildman–Crippen MR) is 150 cm³/mol. The van der Waals surface area contributed by atoms with Gasteiger partial charge in [-0.15, -0.1) is 5.10 Å². The smallest absolute Gasteiger partial charge is 0.212 e. The molecule has 4 aromatic heterocycles. The van der Waals surface area contributed by atoms with Crippen LogP contribution in [-0.2, 0) is 11.3 Å². The molecule has 0 spiro atoms. The highest BCUT2D eigenvalue weighted by atomic mass is 16.5. The van der Waals surface area contributed by atoms with Crippen LogP contribution in [0.3, 0.4) is 0 Å². The maximum absolute atomic E-state index is 9.76. The Bertz CT molecular complexity index is 1520. The van der Waals surface area contributed by atoms with Crippen molar-refractivity contribution < 1.29 is 14.2 Å². The summed E-state index contributed by atoms with van der Waals surface area (Å²) in [6.45, 7) is 6.21. The molecule has 3 saturated heterocycles. The molecule has 2 N–H and O–H groups in total. The Hall–Kier alpha value is -4.40. The third-order valence-corrected chi connectivity index (χ3v) is 7.64. The van der Waals surface area contributed by atoms with Gasteiger partial charge in [0.25, 0.3) is 0 Å². The van der Waals surface area contributed by atoms with E-state index in [-0.39, 0.29) is 5.82 Å². The van der Waals surface area contributed by atoms with Gasteiger partial charge in [0.1, 0.15) is 29.8 Å². The lowest BCUT2D eigenvalue weighted by molar-refractivity contribution is -0.00876. The average Bonchev–Trinajstić information content (AvgIpc) is 3.32. The first-order valence-corrected chi connectivity index (χ1v) is 13.5. The van der Waals surface area contributed by atoms with Crippen molar-refractivity contribution in [2.24, 2.45) is 0 Å². The topological polar surface area (TPSA) is 127 Å². The lowest BCUT2D eigenvalue weighted by Gasteiger charge is -2.56. The van der Waals surface area contributed by atoms with Gasteiger partial charge in [0.2, 0.25) is 5.88 Å². The molecular weight excluding hydrogens is 508 g/mol. The molecule has 11 heteroatoms. The number of hydrogen-bond donors (Lipinski definition) is 1. The van der Waals surface area contributed by atoms with E-state index in [9.17, 15) is 5.26 Å². The Morgan fingerprint density at radius 2 is 1.95 bits per heavy atom. The quantitative estimate of drug-likeness (QED) is 0.300. The first-order valence-electron chi connectivity index (χ1n) is 13.5. The van der Waals surface area contributed by atoms with Crippen molar-refractivity contribution in [2.75, 3.05) is 50.7 Å². The summed E-state index contributed by atoms with van der Waals surface area (Å²) in [4.78, 5) is 14.1. The van der Waals surface area contributed by atoms with Crippen molar-refractivity contribution in [1.29, 1.82) is 5.26 Å². The molecule has 0 aromatic carbocycles. The number of pyridine rings is 3. The van der Waals surface area contributed by atoms with Gasteiger partial charge in [0, 0.05) is 67.9 Å². The van der Waals surface area contributed by atoms with E-state index in [2.05, 4.69) is 32.0 Å². The number of methoxy groups -OCH3 is 1. The summed E-state index contributed by atoms with van der Waals surface area (Å²) in [7, 11) is 1.63. The minimum Gasteiger partial charge on any atom is -0.490 e. The SMILES string of the molecule is CCOCCOc1cc(-c2ccc(N3CC4CC(C3)N4Cc3ccc(OC)nc3)nc2)c2c(C#N)c(N)nn2c1. The first-order chi connectivity index (χ1) is 19.6. The predicted octanol–water partition coefficient (Wildman–Crippen LogP) is 3.13. The monoisotopic (exact) mass is 540 g/mol. The van der Waals surface area contributed by atoms with Crippen molar-refractivity contribution >= 4 is 17.2 Å². The molecule has 0 aliphatic carbocycles. The second-order valence-corrected chi connectivity index (χ2v) is 10.0. The second-order valence-electron chi connectivity index (χ2n) is 10.0. The highest BCUT2D eigenvalue weighted by Gasteiger charge is 2.44. The van der Waals surface area contributed by atoms with Crippen molar-refractivity contribution in [3.8, 4) is 28.8 Å². The van der Waals surface area contributed by atoms with Crippen molar-refractivity contribution in [3.63, 3.8) is 0 Å². The van der Waals surface area contributed by atoms with Gasteiger partial charge in [0.15, 0.2) is 5.82 Å². The summed E-state index contributed by atoms with van der Waals surface area (Å²) in [6, 6.07) is 13.1. The van der Waals surface area contributed by atoms with Gasteiger partial charge in [-0.05, 0) is 37.1 Å². The molecule has 0 amide bonds. The maximum atomic E-state index is 9.76. The van der Waals surface area contributed by atoms with Gasteiger partial charge >= 0.3 is 0 Å². The number of nitrogens with two attached hydrogens (primary N) is 1. The lowest BCUT2D eigenvalue weighted by atomic mass is 9.87. The molecule has 3 aliphatic rings. The molecule has 11 nitrogen and oxygen atoms in total. The number of piperidine rings is 1. The first kappa shape index (κ1) is 25.9. The molecule has 3 fully saturated rings. The second kappa shape index (κ2) is 11.0. The van der Waals surface area contributed by atoms with E-state index < -0.39 is 0 Å². The zero-order valence-electron chi connectivity index (χ0n) is 22.7. The summed E-state index contributed by atoms with van der Waals surface area (Å²) < 4.78 is 18.1. The Balaban J connectivity index is 1.19. The summed E-state index contributed by atoms with van der Waals surface area (Å²) in [5.74, 6) is 2.37. The maximum Gasteiger partial charge on any atom is 0.212 e. The van der Waals surface area contributed by atoms with Gasteiger partial charge in [-0.3, -0.25) is 4.90 Å². The Morgan fingerprint density at radius 3 is 2.62 bits per heavy atom. The van der Waals surface area contributed by atoms with Gasteiger partial charge in [-0.1, -0.05) is 6.07 Å². The number of nitrogens with zero attached hydrogens (tertiary/aromatic N) is 7. The normalized spacial score (nSPS) is 18.4. The summed E-state index contributed by atoms with van der Waals surface area (Å²) >= 11 is 0. The third-order valence-electron chi connectivity index (χ3n) is 7.64. The Morgan fingerprint density at radius 1 is 1.10 bits per heavy atom. The number of fused-ring (bicyclic) bond motifs is 3. The number of ether oxygens (including phenoxy) is 3. The fraction of sp³-hybridized carbons (Fsp3) is 0.379. The van der Waals surface area contributed by atoms with Crippen LogP contribution in [0.15, 0.2) is 48.9 Å². The largest absolute Gasteiger partial charge is 0.490 e. The number of hydrogen-bond acceptors (Lipinski definition) is 10. The number of anilines is 2. The van der Waals surface area contributed by atoms with Crippen LogP contribution >= 0.6 is 0 Å². The van der Waals surface area contributed by atoms with Crippen LogP contribution < -0.4 is 20.1 Å². The number of nitrogen functional groups attached to an aromatic ring is 1. The minimum atomic E-state index is 0.183. The highest BCUT2D eigenvalue weighted by Crippen LogP contribution is 2.37. The van der Waals surface area contributed by atoms with Crippen molar-refractivity contribution in [3.05, 3.63) is 60.0 Å². The average molecular weight is 541 g/mol. The van der Waals surface area contributed by atoms with Crippen LogP contribution in [0.2, 0.25) is 0 Å². The number of rotatable bonds is 10. The molecule has 3 aliphatic heterocycles. The van der Waals surface area contributed by atoms with Gasteiger partial charge < -0.3 is 24.8 Å². The molecule has 7 heterocycles. The van der Waals surface area contributed by atoms with Crippen LogP contribution in [0.5, 0.6) is 11.6 Å². The fourth-order valence-electron chi connectivity index (χ4n) is 5.64. The van der Waals surface area contributed by atoms with Crippen LogP contribution in [-0.4, -0.2) is 76.6 Å². The van der Waals surface area contributed by atoms with Crippen LogP contribution in [0.25, 0.3) is 16.6 Å². The van der Waals surface area contributed by atoms with Crippen LogP contribution in [0, 0.1) is 11.3 Å². The Labute approximate surface area is 232 Å². The molecule has 2 unspecified atom stereocenters. The molecular formula is C29H32N8O3. The molecule has 7 rings (SSSR count). The van der Waals surface area contributed by atoms with Crippen molar-refractivity contribution in [1.82, 2.24) is 24.5 Å². The molecule has 4 aromatic rings. The van der Waals surface area contributed by atoms with E-state index in [4.69, 9.17) is 24.9 Å².